The fourth-order valence-corrected chi connectivity index (χ4v) is 1.31. The number of aromatic nitrogens is 1. The van der Waals surface area contributed by atoms with Crippen LogP contribution in [0.2, 0.25) is 0 Å². The smallest absolute Gasteiger partial charge is 0.126 e. The van der Waals surface area contributed by atoms with E-state index in [-0.39, 0.29) is 0 Å². The topological polar surface area (TPSA) is 34.1 Å². The largest absolute Gasteiger partial charge is 0.375 e. The van der Waals surface area contributed by atoms with E-state index < -0.39 is 0 Å². The zero-order valence-corrected chi connectivity index (χ0v) is 8.49. The molecule has 3 heteroatoms. The molecule has 0 radical (unpaired) electrons. The van der Waals surface area contributed by atoms with Crippen LogP contribution in [-0.2, 0) is 11.3 Å². The lowest BCUT2D eigenvalue weighted by Crippen LogP contribution is -2.00. The average molecular weight is 192 g/mol. The maximum Gasteiger partial charge on any atom is 0.126 e. The van der Waals surface area contributed by atoms with E-state index in [1.54, 1.807) is 0 Å². The summed E-state index contributed by atoms with van der Waals surface area (Å²) in [6.07, 6.45) is 2.67. The molecule has 2 rings (SSSR count). The van der Waals surface area contributed by atoms with E-state index in [4.69, 9.17) is 4.74 Å². The minimum absolute atomic E-state index is 0.631. The van der Waals surface area contributed by atoms with Crippen molar-refractivity contribution in [3.63, 3.8) is 0 Å². The zero-order chi connectivity index (χ0) is 9.80. The van der Waals surface area contributed by atoms with Gasteiger partial charge in [-0.2, -0.15) is 0 Å². The Morgan fingerprint density at radius 3 is 3.07 bits per heavy atom. The lowest BCUT2D eigenvalue weighted by molar-refractivity contribution is 0.109. The first-order valence-corrected chi connectivity index (χ1v) is 5.10. The molecule has 0 aliphatic heterocycles. The number of hydrogen-bond acceptors (Lipinski definition) is 3. The van der Waals surface area contributed by atoms with Gasteiger partial charge in [-0.3, -0.25) is 0 Å². The molecule has 1 aliphatic rings. The number of pyridine rings is 1. The lowest BCUT2D eigenvalue weighted by Gasteiger charge is -2.04. The molecule has 0 unspecified atom stereocenters. The standard InChI is InChI=1S/C11H16N2O/c1-12-11-4-2-3-10(13-11)8-14-7-9-5-6-9/h2-4,9H,5-8H2,1H3,(H,12,13). The maximum absolute atomic E-state index is 5.55. The lowest BCUT2D eigenvalue weighted by atomic mass is 10.3. The van der Waals surface area contributed by atoms with E-state index in [0.29, 0.717) is 6.61 Å². The third kappa shape index (κ3) is 2.70. The average Bonchev–Trinajstić information content (AvgIpc) is 3.02. The molecular formula is C11H16N2O. The van der Waals surface area contributed by atoms with Gasteiger partial charge in [-0.1, -0.05) is 6.07 Å². The van der Waals surface area contributed by atoms with E-state index in [9.17, 15) is 0 Å². The van der Waals surface area contributed by atoms with Gasteiger partial charge in [0.25, 0.3) is 0 Å². The van der Waals surface area contributed by atoms with Crippen molar-refractivity contribution in [3.05, 3.63) is 23.9 Å². The van der Waals surface area contributed by atoms with E-state index in [2.05, 4.69) is 10.3 Å². The van der Waals surface area contributed by atoms with Crippen LogP contribution < -0.4 is 5.32 Å². The van der Waals surface area contributed by atoms with Crippen molar-refractivity contribution in [1.29, 1.82) is 0 Å². The number of ether oxygens (including phenoxy) is 1. The van der Waals surface area contributed by atoms with Crippen LogP contribution in [0.3, 0.4) is 0 Å². The summed E-state index contributed by atoms with van der Waals surface area (Å²) in [7, 11) is 1.87. The quantitative estimate of drug-likeness (QED) is 0.775. The van der Waals surface area contributed by atoms with Crippen molar-refractivity contribution in [2.24, 2.45) is 5.92 Å². The summed E-state index contributed by atoms with van der Waals surface area (Å²) < 4.78 is 5.55. The fraction of sp³-hybridized carbons (Fsp3) is 0.545. The Morgan fingerprint density at radius 1 is 1.50 bits per heavy atom. The van der Waals surface area contributed by atoms with Gasteiger partial charge in [0.15, 0.2) is 0 Å². The Hall–Kier alpha value is -1.09. The predicted octanol–water partition coefficient (Wildman–Crippen LogP) is 2.05. The van der Waals surface area contributed by atoms with Crippen molar-refractivity contribution < 1.29 is 4.74 Å². The van der Waals surface area contributed by atoms with Crippen molar-refractivity contribution in [2.75, 3.05) is 19.0 Å². The first-order chi connectivity index (χ1) is 6.88. The van der Waals surface area contributed by atoms with E-state index in [1.165, 1.54) is 12.8 Å². The number of nitrogens with one attached hydrogen (secondary N) is 1. The first-order valence-electron chi connectivity index (χ1n) is 5.10. The molecule has 0 saturated heterocycles. The highest BCUT2D eigenvalue weighted by Crippen LogP contribution is 2.28. The first kappa shape index (κ1) is 9.46. The summed E-state index contributed by atoms with van der Waals surface area (Å²) >= 11 is 0. The highest BCUT2D eigenvalue weighted by atomic mass is 16.5. The van der Waals surface area contributed by atoms with Gasteiger partial charge in [0.05, 0.1) is 12.3 Å². The summed E-state index contributed by atoms with van der Waals surface area (Å²) in [6.45, 7) is 1.53. The number of rotatable bonds is 5. The second kappa shape index (κ2) is 4.42. The second-order valence-electron chi connectivity index (χ2n) is 3.72. The zero-order valence-electron chi connectivity index (χ0n) is 8.49. The molecule has 1 aromatic rings. The molecule has 3 nitrogen and oxygen atoms in total. The molecule has 1 saturated carbocycles. The predicted molar refractivity (Wildman–Crippen MR) is 56.2 cm³/mol. The van der Waals surface area contributed by atoms with Crippen molar-refractivity contribution >= 4 is 5.82 Å². The Balaban J connectivity index is 1.81. The molecule has 1 fully saturated rings. The molecule has 0 spiro atoms. The second-order valence-corrected chi connectivity index (χ2v) is 3.72. The molecule has 1 heterocycles. The molecule has 76 valence electrons. The minimum atomic E-state index is 0.631. The summed E-state index contributed by atoms with van der Waals surface area (Å²) in [5.74, 6) is 1.72. The molecular weight excluding hydrogens is 176 g/mol. The molecule has 0 aromatic carbocycles. The van der Waals surface area contributed by atoms with Crippen LogP contribution in [0.5, 0.6) is 0 Å². The third-order valence-corrected chi connectivity index (χ3v) is 2.36. The molecule has 0 bridgehead atoms. The van der Waals surface area contributed by atoms with Gasteiger partial charge < -0.3 is 10.1 Å². The summed E-state index contributed by atoms with van der Waals surface area (Å²) in [5, 5.41) is 3.01. The molecule has 1 aliphatic carbocycles. The highest BCUT2D eigenvalue weighted by Gasteiger charge is 2.21. The van der Waals surface area contributed by atoms with Crippen molar-refractivity contribution in [1.82, 2.24) is 4.98 Å². The summed E-state index contributed by atoms with van der Waals surface area (Å²) in [4.78, 5) is 4.37. The number of nitrogens with zero attached hydrogens (tertiary/aromatic N) is 1. The Bertz CT molecular complexity index is 297. The summed E-state index contributed by atoms with van der Waals surface area (Å²) in [5.41, 5.74) is 0.998. The normalized spacial score (nSPS) is 15.5. The van der Waals surface area contributed by atoms with Crippen LogP contribution in [0.4, 0.5) is 5.82 Å². The van der Waals surface area contributed by atoms with E-state index in [0.717, 1.165) is 24.0 Å². The van der Waals surface area contributed by atoms with E-state index >= 15 is 0 Å². The maximum atomic E-state index is 5.55. The van der Waals surface area contributed by atoms with Gasteiger partial charge in [-0.15, -0.1) is 0 Å². The van der Waals surface area contributed by atoms with Gasteiger partial charge in [0.1, 0.15) is 5.82 Å². The van der Waals surface area contributed by atoms with Crippen LogP contribution in [0, 0.1) is 5.92 Å². The molecule has 14 heavy (non-hydrogen) atoms. The molecule has 1 aromatic heterocycles. The van der Waals surface area contributed by atoms with Crippen molar-refractivity contribution in [3.8, 4) is 0 Å². The summed E-state index contributed by atoms with van der Waals surface area (Å²) in [6, 6.07) is 5.94. The monoisotopic (exact) mass is 192 g/mol. The fourth-order valence-electron chi connectivity index (χ4n) is 1.31. The van der Waals surface area contributed by atoms with Crippen molar-refractivity contribution in [2.45, 2.75) is 19.4 Å². The molecule has 0 amide bonds. The van der Waals surface area contributed by atoms with Gasteiger partial charge >= 0.3 is 0 Å². The Labute approximate surface area is 84.5 Å². The Kier molecular flexibility index (Phi) is 2.99. The van der Waals surface area contributed by atoms with Crippen LogP contribution in [0.15, 0.2) is 18.2 Å². The van der Waals surface area contributed by atoms with Crippen LogP contribution in [-0.4, -0.2) is 18.6 Å². The Morgan fingerprint density at radius 2 is 2.36 bits per heavy atom. The highest BCUT2D eigenvalue weighted by molar-refractivity contribution is 5.33. The van der Waals surface area contributed by atoms with Crippen LogP contribution in [0.25, 0.3) is 0 Å². The minimum Gasteiger partial charge on any atom is -0.375 e. The number of anilines is 1. The van der Waals surface area contributed by atoms with Gasteiger partial charge in [0.2, 0.25) is 0 Å². The van der Waals surface area contributed by atoms with Gasteiger partial charge in [-0.25, -0.2) is 4.98 Å². The van der Waals surface area contributed by atoms with Crippen LogP contribution >= 0.6 is 0 Å². The molecule has 1 N–H and O–H groups in total. The molecule has 0 atom stereocenters. The number of hydrogen-bond donors (Lipinski definition) is 1. The van der Waals surface area contributed by atoms with Gasteiger partial charge in [0, 0.05) is 13.7 Å². The van der Waals surface area contributed by atoms with Crippen LogP contribution in [0.1, 0.15) is 18.5 Å². The van der Waals surface area contributed by atoms with E-state index in [1.807, 2.05) is 25.2 Å². The third-order valence-electron chi connectivity index (χ3n) is 2.36. The van der Waals surface area contributed by atoms with Gasteiger partial charge in [-0.05, 0) is 30.9 Å². The SMILES string of the molecule is CNc1cccc(COCC2CC2)n1.